The molecule has 0 aromatic heterocycles. The highest BCUT2D eigenvalue weighted by Gasteiger charge is 2.02. The molecular weight excluding hydrogens is 230 g/mol. The molecule has 0 heterocycles. The summed E-state index contributed by atoms with van der Waals surface area (Å²) in [5.74, 6) is 0. The highest BCUT2D eigenvalue weighted by atomic mass is 14.9. The van der Waals surface area contributed by atoms with E-state index in [-0.39, 0.29) is 0 Å². The van der Waals surface area contributed by atoms with Crippen LogP contribution in [0.25, 0.3) is 0 Å². The largest absolute Gasteiger partial charge is 0.385 e. The molecule has 0 amide bonds. The van der Waals surface area contributed by atoms with Gasteiger partial charge in [-0.1, -0.05) is 70.6 Å². The lowest BCUT2D eigenvalue weighted by Gasteiger charge is -2.13. The fourth-order valence-corrected chi connectivity index (χ4v) is 2.57. The predicted molar refractivity (Wildman–Crippen MR) is 87.0 cm³/mol. The number of rotatable bonds is 10. The van der Waals surface area contributed by atoms with Gasteiger partial charge in [-0.2, -0.15) is 0 Å². The predicted octanol–water partition coefficient (Wildman–Crippen LogP) is 5.72. The molecule has 0 saturated carbocycles. The summed E-state index contributed by atoms with van der Waals surface area (Å²) in [5.41, 5.74) is 4.20. The smallest absolute Gasteiger partial charge is 0.0402 e. The molecule has 0 unspecified atom stereocenters. The molecule has 0 aliphatic heterocycles. The van der Waals surface area contributed by atoms with Gasteiger partial charge in [-0.3, -0.25) is 0 Å². The quantitative estimate of drug-likeness (QED) is 0.531. The number of aryl methyl sites for hydroxylation is 2. The van der Waals surface area contributed by atoms with E-state index >= 15 is 0 Å². The molecule has 0 aliphatic rings. The second kappa shape index (κ2) is 9.89. The van der Waals surface area contributed by atoms with Crippen LogP contribution in [-0.4, -0.2) is 6.54 Å². The normalized spacial score (nSPS) is 10.7. The Hall–Kier alpha value is -0.980. The Morgan fingerprint density at radius 3 is 2.26 bits per heavy atom. The van der Waals surface area contributed by atoms with E-state index in [0.717, 1.165) is 13.0 Å². The SMILES string of the molecule is CCCCCCCCCNc1c(C)cccc1CC. The molecule has 19 heavy (non-hydrogen) atoms. The van der Waals surface area contributed by atoms with Crippen molar-refractivity contribution < 1.29 is 0 Å². The lowest BCUT2D eigenvalue weighted by atomic mass is 10.1. The number of anilines is 1. The molecule has 1 heteroatoms. The van der Waals surface area contributed by atoms with Crippen LogP contribution in [0.3, 0.4) is 0 Å². The monoisotopic (exact) mass is 261 g/mol. The Balaban J connectivity index is 2.19. The Morgan fingerprint density at radius 2 is 1.58 bits per heavy atom. The van der Waals surface area contributed by atoms with Crippen molar-refractivity contribution in [2.45, 2.75) is 72.1 Å². The summed E-state index contributed by atoms with van der Waals surface area (Å²) in [4.78, 5) is 0. The van der Waals surface area contributed by atoms with E-state index in [2.05, 4.69) is 44.3 Å². The van der Waals surface area contributed by atoms with E-state index in [4.69, 9.17) is 0 Å². The molecule has 0 aliphatic carbocycles. The molecule has 0 fully saturated rings. The molecular formula is C18H31N. The Bertz CT molecular complexity index is 344. The van der Waals surface area contributed by atoms with Gasteiger partial charge in [0.05, 0.1) is 0 Å². The maximum atomic E-state index is 3.63. The van der Waals surface area contributed by atoms with Gasteiger partial charge in [0.1, 0.15) is 0 Å². The zero-order valence-corrected chi connectivity index (χ0v) is 13.1. The van der Waals surface area contributed by atoms with Gasteiger partial charge >= 0.3 is 0 Å². The summed E-state index contributed by atoms with van der Waals surface area (Å²) in [6.07, 6.45) is 10.8. The molecule has 1 aromatic rings. The van der Waals surface area contributed by atoms with Crippen LogP contribution in [0.4, 0.5) is 5.69 Å². The van der Waals surface area contributed by atoms with Crippen molar-refractivity contribution in [1.29, 1.82) is 0 Å². The van der Waals surface area contributed by atoms with Crippen LogP contribution >= 0.6 is 0 Å². The Morgan fingerprint density at radius 1 is 0.895 bits per heavy atom. The molecule has 1 N–H and O–H groups in total. The molecule has 1 aromatic carbocycles. The second-order valence-corrected chi connectivity index (χ2v) is 5.51. The lowest BCUT2D eigenvalue weighted by Crippen LogP contribution is -2.05. The maximum Gasteiger partial charge on any atom is 0.0402 e. The average molecular weight is 261 g/mol. The van der Waals surface area contributed by atoms with Crippen molar-refractivity contribution in [3.05, 3.63) is 29.3 Å². The van der Waals surface area contributed by atoms with Crippen molar-refractivity contribution in [3.8, 4) is 0 Å². The van der Waals surface area contributed by atoms with Crippen LogP contribution in [0.2, 0.25) is 0 Å². The summed E-state index contributed by atoms with van der Waals surface area (Å²) < 4.78 is 0. The fourth-order valence-electron chi connectivity index (χ4n) is 2.57. The van der Waals surface area contributed by atoms with Gasteiger partial charge < -0.3 is 5.32 Å². The molecule has 0 radical (unpaired) electrons. The minimum atomic E-state index is 1.11. The Labute approximate surface area is 119 Å². The number of hydrogen-bond donors (Lipinski definition) is 1. The first-order chi connectivity index (χ1) is 9.29. The van der Waals surface area contributed by atoms with Crippen molar-refractivity contribution in [2.75, 3.05) is 11.9 Å². The molecule has 108 valence electrons. The van der Waals surface area contributed by atoms with Crippen molar-refractivity contribution in [3.63, 3.8) is 0 Å². The van der Waals surface area contributed by atoms with Gasteiger partial charge in [0, 0.05) is 12.2 Å². The van der Waals surface area contributed by atoms with E-state index in [9.17, 15) is 0 Å². The highest BCUT2D eigenvalue weighted by Crippen LogP contribution is 2.21. The summed E-state index contributed by atoms with van der Waals surface area (Å²) in [6.45, 7) is 7.82. The third kappa shape index (κ3) is 6.13. The van der Waals surface area contributed by atoms with Gasteiger partial charge in [-0.05, 0) is 30.9 Å². The zero-order valence-electron chi connectivity index (χ0n) is 13.1. The molecule has 1 rings (SSSR count). The van der Waals surface area contributed by atoms with E-state index in [1.54, 1.807) is 0 Å². The van der Waals surface area contributed by atoms with Gasteiger partial charge in [-0.25, -0.2) is 0 Å². The third-order valence-corrected chi connectivity index (χ3v) is 3.82. The fraction of sp³-hybridized carbons (Fsp3) is 0.667. The maximum absolute atomic E-state index is 3.63. The van der Waals surface area contributed by atoms with E-state index in [0.29, 0.717) is 0 Å². The average Bonchev–Trinajstić information content (AvgIpc) is 2.43. The minimum absolute atomic E-state index is 1.11. The number of nitrogens with one attached hydrogen (secondary N) is 1. The molecule has 0 saturated heterocycles. The van der Waals surface area contributed by atoms with Crippen LogP contribution in [0.5, 0.6) is 0 Å². The van der Waals surface area contributed by atoms with E-state index in [1.807, 2.05) is 0 Å². The zero-order chi connectivity index (χ0) is 13.9. The van der Waals surface area contributed by atoms with Crippen molar-refractivity contribution in [2.24, 2.45) is 0 Å². The summed E-state index contributed by atoms with van der Waals surface area (Å²) in [6, 6.07) is 6.60. The molecule has 0 bridgehead atoms. The first kappa shape index (κ1) is 16.1. The first-order valence-electron chi connectivity index (χ1n) is 8.12. The van der Waals surface area contributed by atoms with Gasteiger partial charge in [0.2, 0.25) is 0 Å². The van der Waals surface area contributed by atoms with Crippen LogP contribution in [0.15, 0.2) is 18.2 Å². The summed E-state index contributed by atoms with van der Waals surface area (Å²) >= 11 is 0. The van der Waals surface area contributed by atoms with Gasteiger partial charge in [0.15, 0.2) is 0 Å². The van der Waals surface area contributed by atoms with Crippen LogP contribution < -0.4 is 5.32 Å². The highest BCUT2D eigenvalue weighted by molar-refractivity contribution is 5.57. The summed E-state index contributed by atoms with van der Waals surface area (Å²) in [7, 11) is 0. The number of para-hydroxylation sites is 1. The van der Waals surface area contributed by atoms with E-state index < -0.39 is 0 Å². The van der Waals surface area contributed by atoms with E-state index in [1.165, 1.54) is 61.8 Å². The molecule has 0 spiro atoms. The topological polar surface area (TPSA) is 12.0 Å². The number of hydrogen-bond acceptors (Lipinski definition) is 1. The second-order valence-electron chi connectivity index (χ2n) is 5.51. The standard InChI is InChI=1S/C18H31N/c1-4-6-7-8-9-10-11-15-19-18-16(3)13-12-14-17(18)5-2/h12-14,19H,4-11,15H2,1-3H3. The molecule has 1 nitrogen and oxygen atoms in total. The number of unbranched alkanes of at least 4 members (excludes halogenated alkanes) is 6. The van der Waals surface area contributed by atoms with Crippen molar-refractivity contribution >= 4 is 5.69 Å². The molecule has 0 atom stereocenters. The van der Waals surface area contributed by atoms with Crippen LogP contribution in [0, 0.1) is 6.92 Å². The van der Waals surface area contributed by atoms with Gasteiger partial charge in [-0.15, -0.1) is 0 Å². The van der Waals surface area contributed by atoms with Gasteiger partial charge in [0.25, 0.3) is 0 Å². The summed E-state index contributed by atoms with van der Waals surface area (Å²) in [5, 5.41) is 3.63. The minimum Gasteiger partial charge on any atom is -0.385 e. The lowest BCUT2D eigenvalue weighted by molar-refractivity contribution is 0.596. The van der Waals surface area contributed by atoms with Crippen LogP contribution in [-0.2, 0) is 6.42 Å². The third-order valence-electron chi connectivity index (χ3n) is 3.82. The van der Waals surface area contributed by atoms with Crippen LogP contribution in [0.1, 0.15) is 69.9 Å². The Kier molecular flexibility index (Phi) is 8.36. The number of benzene rings is 1. The van der Waals surface area contributed by atoms with Crippen molar-refractivity contribution in [1.82, 2.24) is 0 Å². The first-order valence-corrected chi connectivity index (χ1v) is 8.12.